The van der Waals surface area contributed by atoms with Crippen LogP contribution in [-0.2, 0) is 16.1 Å². The largest absolute Gasteiger partial charge is 0.346 e. The van der Waals surface area contributed by atoms with Crippen molar-refractivity contribution in [1.29, 1.82) is 0 Å². The maximum Gasteiger partial charge on any atom is 0.296 e. The minimum atomic E-state index is -0.311. The standard InChI is InChI=1S/C17H24N4O2/c1-5-21-13(9-11-18-21)16-12(6-7-14(22)20-16)19-15(23)8-10-17(2,3)4/h9,11-12,16H,5-7H2,1-4H3,(H,19,23)(H,20,22). The van der Waals surface area contributed by atoms with E-state index in [4.69, 9.17) is 0 Å². The molecule has 2 rings (SSSR count). The third-order valence-electron chi connectivity index (χ3n) is 3.64. The summed E-state index contributed by atoms with van der Waals surface area (Å²) >= 11 is 0. The molecule has 1 aromatic rings. The van der Waals surface area contributed by atoms with Crippen LogP contribution in [-0.4, -0.2) is 27.6 Å². The van der Waals surface area contributed by atoms with Gasteiger partial charge in [-0.05, 0) is 46.1 Å². The second kappa shape index (κ2) is 6.86. The van der Waals surface area contributed by atoms with E-state index >= 15 is 0 Å². The molecule has 0 radical (unpaired) electrons. The number of nitrogens with zero attached hydrogens (tertiary/aromatic N) is 2. The van der Waals surface area contributed by atoms with Crippen LogP contribution < -0.4 is 10.6 Å². The van der Waals surface area contributed by atoms with E-state index in [1.54, 1.807) is 6.20 Å². The third-order valence-corrected chi connectivity index (χ3v) is 3.64. The first-order chi connectivity index (χ1) is 10.8. The van der Waals surface area contributed by atoms with Gasteiger partial charge in [0, 0.05) is 24.6 Å². The second-order valence-corrected chi connectivity index (χ2v) is 6.74. The number of piperidine rings is 1. The van der Waals surface area contributed by atoms with E-state index in [0.29, 0.717) is 19.4 Å². The highest BCUT2D eigenvalue weighted by Gasteiger charge is 2.32. The van der Waals surface area contributed by atoms with Crippen LogP contribution in [0.25, 0.3) is 0 Å². The summed E-state index contributed by atoms with van der Waals surface area (Å²) < 4.78 is 1.83. The average Bonchev–Trinajstić information content (AvgIpc) is 2.94. The Labute approximate surface area is 137 Å². The van der Waals surface area contributed by atoms with Crippen molar-refractivity contribution in [1.82, 2.24) is 20.4 Å². The van der Waals surface area contributed by atoms with Gasteiger partial charge in [0.2, 0.25) is 5.91 Å². The minimum Gasteiger partial charge on any atom is -0.346 e. The zero-order valence-electron chi connectivity index (χ0n) is 14.1. The van der Waals surface area contributed by atoms with Crippen molar-refractivity contribution in [3.05, 3.63) is 18.0 Å². The molecule has 0 saturated carbocycles. The molecule has 124 valence electrons. The first-order valence-corrected chi connectivity index (χ1v) is 7.95. The zero-order chi connectivity index (χ0) is 17.0. The fourth-order valence-electron chi connectivity index (χ4n) is 2.56. The van der Waals surface area contributed by atoms with E-state index < -0.39 is 0 Å². The predicted octanol–water partition coefficient (Wildman–Crippen LogP) is 1.39. The number of hydrogen-bond donors (Lipinski definition) is 2. The Hall–Kier alpha value is -2.29. The summed E-state index contributed by atoms with van der Waals surface area (Å²) in [5.74, 6) is 5.25. The van der Waals surface area contributed by atoms with Crippen LogP contribution >= 0.6 is 0 Å². The summed E-state index contributed by atoms with van der Waals surface area (Å²) in [7, 11) is 0. The molecule has 2 N–H and O–H groups in total. The van der Waals surface area contributed by atoms with E-state index in [9.17, 15) is 9.59 Å². The molecule has 1 aliphatic heterocycles. The molecule has 2 amide bonds. The monoisotopic (exact) mass is 316 g/mol. The van der Waals surface area contributed by atoms with Crippen LogP contribution in [0.4, 0.5) is 0 Å². The summed E-state index contributed by atoms with van der Waals surface area (Å²) in [4.78, 5) is 23.9. The average molecular weight is 316 g/mol. The molecule has 2 heterocycles. The molecule has 1 aromatic heterocycles. The molecule has 6 nitrogen and oxygen atoms in total. The quantitative estimate of drug-likeness (QED) is 0.827. The van der Waals surface area contributed by atoms with Crippen LogP contribution in [0.3, 0.4) is 0 Å². The van der Waals surface area contributed by atoms with Crippen molar-refractivity contribution in [3.8, 4) is 11.8 Å². The molecule has 2 atom stereocenters. The van der Waals surface area contributed by atoms with Crippen molar-refractivity contribution in [2.45, 2.75) is 59.2 Å². The summed E-state index contributed by atoms with van der Waals surface area (Å²) in [6.45, 7) is 8.56. The van der Waals surface area contributed by atoms with Gasteiger partial charge in [-0.1, -0.05) is 5.92 Å². The van der Waals surface area contributed by atoms with E-state index in [1.807, 2.05) is 38.4 Å². The van der Waals surface area contributed by atoms with Crippen molar-refractivity contribution >= 4 is 11.8 Å². The SMILES string of the molecule is CCn1nccc1C1NC(=O)CCC1NC(=O)C#CC(C)(C)C. The Balaban J connectivity index is 2.16. The number of nitrogens with one attached hydrogen (secondary N) is 2. The first-order valence-electron chi connectivity index (χ1n) is 7.95. The number of amides is 2. The van der Waals surface area contributed by atoms with Crippen molar-refractivity contribution < 1.29 is 9.59 Å². The molecular weight excluding hydrogens is 292 g/mol. The molecule has 0 bridgehead atoms. The zero-order valence-corrected chi connectivity index (χ0v) is 14.1. The normalized spacial score (nSPS) is 21.1. The maximum atomic E-state index is 12.1. The highest BCUT2D eigenvalue weighted by atomic mass is 16.2. The number of aromatic nitrogens is 2. The Morgan fingerprint density at radius 3 is 2.91 bits per heavy atom. The van der Waals surface area contributed by atoms with Gasteiger partial charge < -0.3 is 10.6 Å². The van der Waals surface area contributed by atoms with Crippen LogP contribution in [0.15, 0.2) is 12.3 Å². The van der Waals surface area contributed by atoms with Crippen LogP contribution in [0.5, 0.6) is 0 Å². The Morgan fingerprint density at radius 2 is 2.26 bits per heavy atom. The van der Waals surface area contributed by atoms with Crippen LogP contribution in [0, 0.1) is 17.3 Å². The Bertz CT molecular complexity index is 646. The van der Waals surface area contributed by atoms with Gasteiger partial charge in [0.25, 0.3) is 5.91 Å². The molecule has 1 aliphatic rings. The first kappa shape index (κ1) is 17.1. The lowest BCUT2D eigenvalue weighted by Gasteiger charge is -2.32. The molecule has 0 aromatic carbocycles. The van der Waals surface area contributed by atoms with Gasteiger partial charge in [0.15, 0.2) is 0 Å². The van der Waals surface area contributed by atoms with Crippen LogP contribution in [0.2, 0.25) is 0 Å². The summed E-state index contributed by atoms with van der Waals surface area (Å²) in [5.41, 5.74) is 0.674. The fraction of sp³-hybridized carbons (Fsp3) is 0.588. The number of aryl methyl sites for hydroxylation is 1. The van der Waals surface area contributed by atoms with Gasteiger partial charge in [0.1, 0.15) is 0 Å². The molecular formula is C17H24N4O2. The number of rotatable bonds is 3. The van der Waals surface area contributed by atoms with E-state index in [1.165, 1.54) is 0 Å². The predicted molar refractivity (Wildman–Crippen MR) is 87.2 cm³/mol. The number of hydrogen-bond acceptors (Lipinski definition) is 3. The summed E-state index contributed by atoms with van der Waals surface area (Å²) in [6.07, 6.45) is 2.70. The van der Waals surface area contributed by atoms with E-state index in [-0.39, 0.29) is 29.3 Å². The lowest BCUT2D eigenvalue weighted by atomic mass is 9.95. The van der Waals surface area contributed by atoms with Gasteiger partial charge in [-0.3, -0.25) is 14.3 Å². The molecule has 6 heteroatoms. The fourth-order valence-corrected chi connectivity index (χ4v) is 2.56. The van der Waals surface area contributed by atoms with Gasteiger partial charge in [-0.25, -0.2) is 0 Å². The highest BCUT2D eigenvalue weighted by Crippen LogP contribution is 2.24. The minimum absolute atomic E-state index is 0.00914. The van der Waals surface area contributed by atoms with Crippen molar-refractivity contribution in [2.75, 3.05) is 0 Å². The van der Waals surface area contributed by atoms with E-state index in [0.717, 1.165) is 5.69 Å². The van der Waals surface area contributed by atoms with Gasteiger partial charge in [-0.2, -0.15) is 5.10 Å². The summed E-state index contributed by atoms with van der Waals surface area (Å²) in [6, 6.07) is 1.41. The van der Waals surface area contributed by atoms with Gasteiger partial charge >= 0.3 is 0 Å². The molecule has 1 saturated heterocycles. The second-order valence-electron chi connectivity index (χ2n) is 6.74. The molecule has 2 unspecified atom stereocenters. The van der Waals surface area contributed by atoms with E-state index in [2.05, 4.69) is 27.6 Å². The smallest absolute Gasteiger partial charge is 0.296 e. The van der Waals surface area contributed by atoms with Crippen molar-refractivity contribution in [2.24, 2.45) is 5.41 Å². The number of carbonyl (C=O) groups excluding carboxylic acids is 2. The maximum absolute atomic E-state index is 12.1. The van der Waals surface area contributed by atoms with Gasteiger partial charge in [-0.15, -0.1) is 0 Å². The molecule has 0 spiro atoms. The summed E-state index contributed by atoms with van der Waals surface area (Å²) in [5, 5.41) is 10.1. The number of carbonyl (C=O) groups is 2. The molecule has 23 heavy (non-hydrogen) atoms. The third kappa shape index (κ3) is 4.59. The molecule has 1 fully saturated rings. The van der Waals surface area contributed by atoms with Crippen LogP contribution in [0.1, 0.15) is 52.3 Å². The van der Waals surface area contributed by atoms with Crippen molar-refractivity contribution in [3.63, 3.8) is 0 Å². The lowest BCUT2D eigenvalue weighted by molar-refractivity contribution is -0.125. The molecule has 0 aliphatic carbocycles. The highest BCUT2D eigenvalue weighted by molar-refractivity contribution is 5.94. The Kier molecular flexibility index (Phi) is 5.09. The topological polar surface area (TPSA) is 76.0 Å². The lowest BCUT2D eigenvalue weighted by Crippen LogP contribution is -2.50. The Morgan fingerprint density at radius 1 is 1.52 bits per heavy atom. The van der Waals surface area contributed by atoms with Gasteiger partial charge in [0.05, 0.1) is 17.8 Å².